The molecule has 5 heteroatoms. The van der Waals surface area contributed by atoms with Crippen molar-refractivity contribution in [2.45, 2.75) is 26.2 Å². The third-order valence-corrected chi connectivity index (χ3v) is 5.22. The smallest absolute Gasteiger partial charge is 0.138 e. The molecule has 1 N–H and O–H groups in total. The second-order valence-electron chi connectivity index (χ2n) is 6.91. The molecule has 2 aromatic heterocycles. The van der Waals surface area contributed by atoms with Crippen molar-refractivity contribution in [2.75, 3.05) is 32.5 Å². The van der Waals surface area contributed by atoms with Gasteiger partial charge in [0.05, 0.1) is 5.39 Å². The van der Waals surface area contributed by atoms with E-state index in [-0.39, 0.29) is 0 Å². The maximum absolute atomic E-state index is 4.50. The molecule has 0 spiro atoms. The van der Waals surface area contributed by atoms with Crippen LogP contribution < -0.4 is 5.32 Å². The largest absolute Gasteiger partial charge is 0.369 e. The van der Waals surface area contributed by atoms with Gasteiger partial charge in [-0.25, -0.2) is 9.97 Å². The molecule has 4 nitrogen and oxygen atoms in total. The van der Waals surface area contributed by atoms with Crippen molar-refractivity contribution >= 4 is 27.4 Å². The highest BCUT2D eigenvalue weighted by Crippen LogP contribution is 2.36. The van der Waals surface area contributed by atoms with Gasteiger partial charge >= 0.3 is 0 Å². The van der Waals surface area contributed by atoms with Crippen LogP contribution >= 0.6 is 11.3 Å². The van der Waals surface area contributed by atoms with E-state index in [1.54, 1.807) is 17.7 Å². The zero-order valence-electron chi connectivity index (χ0n) is 15.4. The molecule has 3 aromatic rings. The van der Waals surface area contributed by atoms with Crippen LogP contribution in [0.1, 0.15) is 31.7 Å². The minimum absolute atomic E-state index is 0.547. The summed E-state index contributed by atoms with van der Waals surface area (Å²) in [4.78, 5) is 12.2. The van der Waals surface area contributed by atoms with E-state index in [9.17, 15) is 0 Å². The summed E-state index contributed by atoms with van der Waals surface area (Å²) in [5.74, 6) is 1.48. The fourth-order valence-corrected chi connectivity index (χ4v) is 3.79. The Balaban J connectivity index is 1.88. The normalized spacial score (nSPS) is 11.6. The van der Waals surface area contributed by atoms with E-state index in [0.29, 0.717) is 5.92 Å². The van der Waals surface area contributed by atoms with Gasteiger partial charge in [-0.05, 0) is 44.1 Å². The first kappa shape index (κ1) is 17.8. The summed E-state index contributed by atoms with van der Waals surface area (Å²) in [6.45, 7) is 6.41. The lowest BCUT2D eigenvalue weighted by Crippen LogP contribution is -2.16. The van der Waals surface area contributed by atoms with Gasteiger partial charge in [0, 0.05) is 17.5 Å². The molecule has 132 valence electrons. The highest BCUT2D eigenvalue weighted by Gasteiger charge is 2.13. The molecule has 0 aliphatic rings. The predicted molar refractivity (Wildman–Crippen MR) is 109 cm³/mol. The molecular formula is C20H26N4S. The Morgan fingerprint density at radius 2 is 1.88 bits per heavy atom. The summed E-state index contributed by atoms with van der Waals surface area (Å²) in [5.41, 5.74) is 3.80. The third kappa shape index (κ3) is 4.17. The molecular weight excluding hydrogens is 328 g/mol. The minimum atomic E-state index is 0.547. The van der Waals surface area contributed by atoms with Crippen molar-refractivity contribution < 1.29 is 0 Å². The topological polar surface area (TPSA) is 41.1 Å². The van der Waals surface area contributed by atoms with E-state index < -0.39 is 0 Å². The summed E-state index contributed by atoms with van der Waals surface area (Å²) in [7, 11) is 4.20. The molecule has 0 radical (unpaired) electrons. The van der Waals surface area contributed by atoms with Crippen LogP contribution in [0.25, 0.3) is 21.3 Å². The number of anilines is 1. The minimum Gasteiger partial charge on any atom is -0.369 e. The van der Waals surface area contributed by atoms with Crippen LogP contribution in [0.3, 0.4) is 0 Å². The zero-order chi connectivity index (χ0) is 17.8. The fourth-order valence-electron chi connectivity index (χ4n) is 2.87. The Labute approximate surface area is 153 Å². The number of aromatic nitrogens is 2. The molecule has 0 aliphatic heterocycles. The molecule has 0 unspecified atom stereocenters. The number of thiophene rings is 1. The highest BCUT2D eigenvalue weighted by atomic mass is 32.1. The summed E-state index contributed by atoms with van der Waals surface area (Å²) >= 11 is 1.68. The number of hydrogen-bond donors (Lipinski definition) is 1. The van der Waals surface area contributed by atoms with Crippen molar-refractivity contribution in [3.8, 4) is 11.1 Å². The van der Waals surface area contributed by atoms with Crippen molar-refractivity contribution in [2.24, 2.45) is 0 Å². The molecule has 0 saturated heterocycles. The first-order chi connectivity index (χ1) is 12.1. The van der Waals surface area contributed by atoms with Gasteiger partial charge in [0.15, 0.2) is 0 Å². The van der Waals surface area contributed by atoms with Crippen LogP contribution in [-0.4, -0.2) is 42.1 Å². The zero-order valence-corrected chi connectivity index (χ0v) is 16.2. The first-order valence-electron chi connectivity index (χ1n) is 8.77. The number of benzene rings is 1. The number of hydrogen-bond acceptors (Lipinski definition) is 5. The SMILES string of the molecule is CC(C)c1ccc(-c2csc3ncnc(NCCCN(C)C)c23)cc1. The van der Waals surface area contributed by atoms with Gasteiger partial charge in [-0.1, -0.05) is 38.1 Å². The first-order valence-corrected chi connectivity index (χ1v) is 9.65. The van der Waals surface area contributed by atoms with E-state index in [1.807, 2.05) is 0 Å². The van der Waals surface area contributed by atoms with E-state index in [2.05, 4.69) is 77.8 Å². The van der Waals surface area contributed by atoms with Gasteiger partial charge in [0.1, 0.15) is 17.0 Å². The van der Waals surface area contributed by atoms with E-state index in [0.717, 1.165) is 35.5 Å². The second kappa shape index (κ2) is 7.93. The Kier molecular flexibility index (Phi) is 5.66. The van der Waals surface area contributed by atoms with Crippen molar-refractivity contribution in [3.63, 3.8) is 0 Å². The molecule has 3 rings (SSSR count). The van der Waals surface area contributed by atoms with Crippen LogP contribution in [0.15, 0.2) is 36.0 Å². The fraction of sp³-hybridized carbons (Fsp3) is 0.400. The summed E-state index contributed by atoms with van der Waals surface area (Å²) < 4.78 is 0. The number of nitrogens with zero attached hydrogens (tertiary/aromatic N) is 3. The van der Waals surface area contributed by atoms with Gasteiger partial charge in [-0.15, -0.1) is 11.3 Å². The number of fused-ring (bicyclic) bond motifs is 1. The molecule has 0 aliphatic carbocycles. The average molecular weight is 355 g/mol. The van der Waals surface area contributed by atoms with Crippen molar-refractivity contribution in [1.82, 2.24) is 14.9 Å². The standard InChI is InChI=1S/C20H26N4S/c1-14(2)15-6-8-16(9-7-15)17-12-25-20-18(17)19(22-13-23-20)21-10-5-11-24(3)4/h6-9,12-14H,5,10-11H2,1-4H3,(H,21,22,23). The van der Waals surface area contributed by atoms with Crippen LogP contribution in [0, 0.1) is 0 Å². The summed E-state index contributed by atoms with van der Waals surface area (Å²) in [6.07, 6.45) is 2.74. The van der Waals surface area contributed by atoms with Gasteiger partial charge in [-0.3, -0.25) is 0 Å². The van der Waals surface area contributed by atoms with Crippen molar-refractivity contribution in [3.05, 3.63) is 41.5 Å². The Hall–Kier alpha value is -1.98. The number of rotatable bonds is 7. The van der Waals surface area contributed by atoms with Crippen LogP contribution in [0.2, 0.25) is 0 Å². The number of nitrogens with one attached hydrogen (secondary N) is 1. The highest BCUT2D eigenvalue weighted by molar-refractivity contribution is 7.17. The Morgan fingerprint density at radius 1 is 1.12 bits per heavy atom. The predicted octanol–water partition coefficient (Wildman–Crippen LogP) is 4.85. The van der Waals surface area contributed by atoms with E-state index in [1.165, 1.54) is 16.7 Å². The molecule has 0 fully saturated rings. The van der Waals surface area contributed by atoms with Crippen LogP contribution in [0.4, 0.5) is 5.82 Å². The second-order valence-corrected chi connectivity index (χ2v) is 7.77. The Bertz CT molecular complexity index is 821. The average Bonchev–Trinajstić information content (AvgIpc) is 3.03. The van der Waals surface area contributed by atoms with Gasteiger partial charge in [-0.2, -0.15) is 0 Å². The van der Waals surface area contributed by atoms with Gasteiger partial charge in [0.2, 0.25) is 0 Å². The van der Waals surface area contributed by atoms with E-state index >= 15 is 0 Å². The lowest BCUT2D eigenvalue weighted by atomic mass is 9.99. The maximum Gasteiger partial charge on any atom is 0.138 e. The molecule has 1 aromatic carbocycles. The van der Waals surface area contributed by atoms with Gasteiger partial charge in [0.25, 0.3) is 0 Å². The quantitative estimate of drug-likeness (QED) is 0.616. The van der Waals surface area contributed by atoms with Crippen molar-refractivity contribution in [1.29, 1.82) is 0 Å². The molecule has 2 heterocycles. The maximum atomic E-state index is 4.50. The molecule has 25 heavy (non-hydrogen) atoms. The lowest BCUT2D eigenvalue weighted by Gasteiger charge is -2.11. The van der Waals surface area contributed by atoms with Crippen LogP contribution in [-0.2, 0) is 0 Å². The summed E-state index contributed by atoms with van der Waals surface area (Å²) in [6, 6.07) is 8.86. The van der Waals surface area contributed by atoms with Crippen LogP contribution in [0.5, 0.6) is 0 Å². The lowest BCUT2D eigenvalue weighted by molar-refractivity contribution is 0.405. The monoisotopic (exact) mass is 354 g/mol. The molecule has 0 atom stereocenters. The third-order valence-electron chi connectivity index (χ3n) is 4.33. The molecule has 0 saturated carbocycles. The Morgan fingerprint density at radius 3 is 2.56 bits per heavy atom. The van der Waals surface area contributed by atoms with E-state index in [4.69, 9.17) is 0 Å². The van der Waals surface area contributed by atoms with Gasteiger partial charge < -0.3 is 10.2 Å². The summed E-state index contributed by atoms with van der Waals surface area (Å²) in [5, 5.41) is 6.82. The molecule has 0 bridgehead atoms. The molecule has 0 amide bonds.